The van der Waals surface area contributed by atoms with Crippen molar-refractivity contribution in [2.45, 2.75) is 64.5 Å². The smallest absolute Gasteiger partial charge is 0.219 e. The van der Waals surface area contributed by atoms with Crippen LogP contribution in [0.1, 0.15) is 52.4 Å². The van der Waals surface area contributed by atoms with Gasteiger partial charge in [0.15, 0.2) is 0 Å². The summed E-state index contributed by atoms with van der Waals surface area (Å²) < 4.78 is 0. The average Bonchev–Trinajstić information content (AvgIpc) is 2.45. The van der Waals surface area contributed by atoms with Gasteiger partial charge in [0, 0.05) is 32.0 Å². The van der Waals surface area contributed by atoms with E-state index in [0.717, 1.165) is 25.4 Å². The highest BCUT2D eigenvalue weighted by atomic mass is 16.3. The summed E-state index contributed by atoms with van der Waals surface area (Å²) in [6.45, 7) is 6.04. The summed E-state index contributed by atoms with van der Waals surface area (Å²) in [4.78, 5) is 13.5. The Labute approximate surface area is 122 Å². The third-order valence-corrected chi connectivity index (χ3v) is 5.03. The molecule has 3 atom stereocenters. The maximum Gasteiger partial charge on any atom is 0.219 e. The molecule has 116 valence electrons. The zero-order chi connectivity index (χ0) is 14.5. The number of rotatable bonds is 4. The van der Waals surface area contributed by atoms with Crippen molar-refractivity contribution in [3.8, 4) is 0 Å². The second-order valence-electron chi connectivity index (χ2n) is 6.77. The van der Waals surface area contributed by atoms with Crippen LogP contribution >= 0.6 is 0 Å². The largest absolute Gasteiger partial charge is 0.393 e. The summed E-state index contributed by atoms with van der Waals surface area (Å²) in [6, 6.07) is 0.342. The minimum Gasteiger partial charge on any atom is -0.393 e. The number of piperidine rings is 1. The Kier molecular flexibility index (Phi) is 5.85. The number of nitrogens with one attached hydrogen (secondary N) is 1. The van der Waals surface area contributed by atoms with Gasteiger partial charge in [-0.05, 0) is 38.6 Å². The van der Waals surface area contributed by atoms with Crippen LogP contribution in [0.4, 0.5) is 0 Å². The fraction of sp³-hybridized carbons (Fsp3) is 0.938. The minimum atomic E-state index is -0.337. The predicted octanol–water partition coefficient (Wildman–Crippen LogP) is 1.77. The Bertz CT molecular complexity index is 314. The van der Waals surface area contributed by atoms with Crippen LogP contribution in [0, 0.1) is 11.8 Å². The Balaban J connectivity index is 1.83. The first kappa shape index (κ1) is 15.8. The molecule has 2 rings (SSSR count). The van der Waals surface area contributed by atoms with E-state index in [-0.39, 0.29) is 17.9 Å². The van der Waals surface area contributed by atoms with Crippen molar-refractivity contribution in [2.75, 3.05) is 19.6 Å². The maximum atomic E-state index is 11.6. The number of aliphatic hydroxyl groups is 1. The van der Waals surface area contributed by atoms with Crippen molar-refractivity contribution < 1.29 is 9.90 Å². The van der Waals surface area contributed by atoms with E-state index in [4.69, 9.17) is 0 Å². The van der Waals surface area contributed by atoms with Gasteiger partial charge in [0.2, 0.25) is 5.91 Å². The lowest BCUT2D eigenvalue weighted by atomic mass is 9.87. The van der Waals surface area contributed by atoms with Crippen molar-refractivity contribution in [3.63, 3.8) is 0 Å². The molecule has 1 saturated carbocycles. The number of hydrogen-bond donors (Lipinski definition) is 2. The normalized spacial score (nSPS) is 30.2. The molecule has 2 aliphatic rings. The molecular weight excluding hydrogens is 252 g/mol. The zero-order valence-corrected chi connectivity index (χ0v) is 13.0. The first-order valence-corrected chi connectivity index (χ1v) is 8.23. The van der Waals surface area contributed by atoms with Gasteiger partial charge in [0.25, 0.3) is 0 Å². The van der Waals surface area contributed by atoms with Gasteiger partial charge in [0.05, 0.1) is 6.10 Å². The van der Waals surface area contributed by atoms with Crippen molar-refractivity contribution in [2.24, 2.45) is 11.8 Å². The van der Waals surface area contributed by atoms with E-state index in [0.29, 0.717) is 12.6 Å². The molecular formula is C16H30N2O2. The summed E-state index contributed by atoms with van der Waals surface area (Å²) >= 11 is 0. The van der Waals surface area contributed by atoms with Crippen LogP contribution in [-0.2, 0) is 4.79 Å². The number of likely N-dealkylation sites (tertiary alicyclic amines) is 1. The van der Waals surface area contributed by atoms with Gasteiger partial charge in [0.1, 0.15) is 0 Å². The molecule has 0 aromatic heterocycles. The molecule has 0 aromatic carbocycles. The van der Waals surface area contributed by atoms with Gasteiger partial charge >= 0.3 is 0 Å². The first-order valence-electron chi connectivity index (χ1n) is 8.23. The first-order chi connectivity index (χ1) is 9.56. The topological polar surface area (TPSA) is 52.6 Å². The monoisotopic (exact) mass is 282 g/mol. The predicted molar refractivity (Wildman–Crippen MR) is 80.4 cm³/mol. The highest BCUT2D eigenvalue weighted by Gasteiger charge is 2.31. The molecule has 20 heavy (non-hydrogen) atoms. The molecule has 0 bridgehead atoms. The van der Waals surface area contributed by atoms with Crippen molar-refractivity contribution in [3.05, 3.63) is 0 Å². The molecule has 0 aromatic rings. The van der Waals surface area contributed by atoms with Gasteiger partial charge in [-0.15, -0.1) is 0 Å². The number of carbonyl (C=O) groups excluding carboxylic acids is 1. The van der Waals surface area contributed by atoms with Gasteiger partial charge in [-0.2, -0.15) is 0 Å². The van der Waals surface area contributed by atoms with E-state index in [1.54, 1.807) is 6.92 Å². The Morgan fingerprint density at radius 3 is 2.60 bits per heavy atom. The van der Waals surface area contributed by atoms with Crippen molar-refractivity contribution in [1.82, 2.24) is 10.2 Å². The van der Waals surface area contributed by atoms with Crippen LogP contribution in [0.25, 0.3) is 0 Å². The van der Waals surface area contributed by atoms with E-state index in [1.165, 1.54) is 32.1 Å². The molecule has 3 unspecified atom stereocenters. The number of hydrogen-bond acceptors (Lipinski definition) is 3. The summed E-state index contributed by atoms with van der Waals surface area (Å²) in [5, 5.41) is 13.5. The quantitative estimate of drug-likeness (QED) is 0.826. The number of aliphatic hydroxyl groups excluding tert-OH is 1. The van der Waals surface area contributed by atoms with E-state index >= 15 is 0 Å². The molecule has 2 N–H and O–H groups in total. The van der Waals surface area contributed by atoms with Crippen LogP contribution in [-0.4, -0.2) is 47.7 Å². The Morgan fingerprint density at radius 1 is 1.30 bits per heavy atom. The summed E-state index contributed by atoms with van der Waals surface area (Å²) in [7, 11) is 0. The molecule has 0 radical (unpaired) electrons. The van der Waals surface area contributed by atoms with E-state index in [1.807, 2.05) is 11.8 Å². The summed E-state index contributed by atoms with van der Waals surface area (Å²) in [5.74, 6) is 1.14. The van der Waals surface area contributed by atoms with Crippen LogP contribution in [0.5, 0.6) is 0 Å². The van der Waals surface area contributed by atoms with E-state index < -0.39 is 0 Å². The minimum absolute atomic E-state index is 0.125. The highest BCUT2D eigenvalue weighted by molar-refractivity contribution is 5.73. The second kappa shape index (κ2) is 7.41. The fourth-order valence-electron chi connectivity index (χ4n) is 3.62. The molecule has 1 aliphatic heterocycles. The number of amides is 1. The van der Waals surface area contributed by atoms with E-state index in [9.17, 15) is 9.90 Å². The summed E-state index contributed by atoms with van der Waals surface area (Å²) in [6.07, 6.45) is 7.46. The van der Waals surface area contributed by atoms with Gasteiger partial charge in [-0.25, -0.2) is 0 Å². The number of nitrogens with zero attached hydrogens (tertiary/aromatic N) is 1. The fourth-order valence-corrected chi connectivity index (χ4v) is 3.62. The Morgan fingerprint density at radius 2 is 2.00 bits per heavy atom. The molecule has 0 spiro atoms. The van der Waals surface area contributed by atoms with E-state index in [2.05, 4.69) is 5.32 Å². The highest BCUT2D eigenvalue weighted by Crippen LogP contribution is 2.24. The third kappa shape index (κ3) is 4.45. The zero-order valence-electron chi connectivity index (χ0n) is 13.0. The van der Waals surface area contributed by atoms with Gasteiger partial charge in [-0.3, -0.25) is 4.79 Å². The molecule has 1 heterocycles. The lowest BCUT2D eigenvalue weighted by Crippen LogP contribution is -2.53. The SMILES string of the molecule is CC(=O)N1CC(NCC2CCCCC2)CC(C(C)O)C1. The van der Waals surface area contributed by atoms with Crippen molar-refractivity contribution >= 4 is 5.91 Å². The molecule has 2 fully saturated rings. The molecule has 4 heteroatoms. The molecule has 4 nitrogen and oxygen atoms in total. The third-order valence-electron chi connectivity index (χ3n) is 5.03. The average molecular weight is 282 g/mol. The Hall–Kier alpha value is -0.610. The standard InChI is InChI=1S/C16H30N2O2/c1-12(19)15-8-16(11-18(10-15)13(2)20)17-9-14-6-4-3-5-7-14/h12,14-17,19H,3-11H2,1-2H3. The number of carbonyl (C=O) groups is 1. The van der Waals surface area contributed by atoms with Gasteiger partial charge in [-0.1, -0.05) is 19.3 Å². The van der Waals surface area contributed by atoms with Gasteiger partial charge < -0.3 is 15.3 Å². The molecule has 1 aliphatic carbocycles. The van der Waals surface area contributed by atoms with Crippen LogP contribution in [0.2, 0.25) is 0 Å². The lowest BCUT2D eigenvalue weighted by molar-refractivity contribution is -0.132. The van der Waals surface area contributed by atoms with Crippen LogP contribution < -0.4 is 5.32 Å². The molecule has 1 amide bonds. The van der Waals surface area contributed by atoms with Crippen molar-refractivity contribution in [1.29, 1.82) is 0 Å². The van der Waals surface area contributed by atoms with Crippen LogP contribution in [0.15, 0.2) is 0 Å². The summed E-state index contributed by atoms with van der Waals surface area (Å²) in [5.41, 5.74) is 0. The molecule has 1 saturated heterocycles. The van der Waals surface area contributed by atoms with Crippen LogP contribution in [0.3, 0.4) is 0 Å². The lowest BCUT2D eigenvalue weighted by Gasteiger charge is -2.39. The second-order valence-corrected chi connectivity index (χ2v) is 6.77. The maximum absolute atomic E-state index is 11.6.